The fourth-order valence-electron chi connectivity index (χ4n) is 3.14. The maximum Gasteiger partial charge on any atom is 0.255 e. The van der Waals surface area contributed by atoms with Gasteiger partial charge >= 0.3 is 0 Å². The number of benzene rings is 3. The highest BCUT2D eigenvalue weighted by molar-refractivity contribution is 9.10. The van der Waals surface area contributed by atoms with Crippen molar-refractivity contribution in [1.29, 1.82) is 0 Å². The van der Waals surface area contributed by atoms with E-state index < -0.39 is 0 Å². The number of anilines is 1. The summed E-state index contributed by atoms with van der Waals surface area (Å²) in [7, 11) is 0. The van der Waals surface area contributed by atoms with Gasteiger partial charge in [0.05, 0.1) is 0 Å². The van der Waals surface area contributed by atoms with Crippen LogP contribution in [-0.4, -0.2) is 10.9 Å². The molecule has 0 spiro atoms. The van der Waals surface area contributed by atoms with Gasteiger partial charge in [-0.3, -0.25) is 4.79 Å². The Morgan fingerprint density at radius 2 is 1.90 bits per heavy atom. The Hall–Kier alpha value is -2.92. The number of halogens is 1. The van der Waals surface area contributed by atoms with Gasteiger partial charge < -0.3 is 9.73 Å². The predicted octanol–water partition coefficient (Wildman–Crippen LogP) is 7.02. The number of carbonyl (C=O) groups excluding carboxylic acids is 1. The third-order valence-electron chi connectivity index (χ3n) is 5.07. The van der Waals surface area contributed by atoms with E-state index in [-0.39, 0.29) is 5.91 Å². The molecule has 0 aliphatic rings. The first-order valence-corrected chi connectivity index (χ1v) is 10.4. The van der Waals surface area contributed by atoms with E-state index in [9.17, 15) is 4.79 Å². The predicted molar refractivity (Wildman–Crippen MR) is 120 cm³/mol. The van der Waals surface area contributed by atoms with Gasteiger partial charge in [-0.05, 0) is 72.5 Å². The standard InChI is InChI=1S/C24H21BrN2O2/c1-3-15(2)17-9-12-22-21(14-17)27-24(29-22)18-5-4-6-20(13-18)26-23(28)16-7-10-19(25)11-8-16/h4-15H,3H2,1-2H3,(H,26,28). The summed E-state index contributed by atoms with van der Waals surface area (Å²) < 4.78 is 6.89. The van der Waals surface area contributed by atoms with Gasteiger partial charge in [-0.25, -0.2) is 4.98 Å². The van der Waals surface area contributed by atoms with Crippen LogP contribution in [0.4, 0.5) is 5.69 Å². The Balaban J connectivity index is 1.59. The van der Waals surface area contributed by atoms with Crippen LogP contribution in [0.3, 0.4) is 0 Å². The summed E-state index contributed by atoms with van der Waals surface area (Å²) in [5, 5.41) is 2.93. The molecule has 1 atom stereocenters. The maximum atomic E-state index is 12.5. The fraction of sp³-hybridized carbons (Fsp3) is 0.167. The summed E-state index contributed by atoms with van der Waals surface area (Å²) >= 11 is 3.38. The van der Waals surface area contributed by atoms with Gasteiger partial charge in [0.15, 0.2) is 5.58 Å². The molecule has 1 heterocycles. The molecule has 1 amide bonds. The maximum absolute atomic E-state index is 12.5. The first kappa shape index (κ1) is 19.4. The number of hydrogen-bond acceptors (Lipinski definition) is 3. The first-order valence-electron chi connectivity index (χ1n) is 9.61. The third-order valence-corrected chi connectivity index (χ3v) is 5.60. The number of hydrogen-bond donors (Lipinski definition) is 1. The molecule has 0 bridgehead atoms. The van der Waals surface area contributed by atoms with Crippen LogP contribution in [0, 0.1) is 0 Å². The van der Waals surface area contributed by atoms with Crippen LogP contribution in [0.2, 0.25) is 0 Å². The van der Waals surface area contributed by atoms with Gasteiger partial charge in [0, 0.05) is 21.3 Å². The van der Waals surface area contributed by atoms with E-state index in [2.05, 4.69) is 52.2 Å². The summed E-state index contributed by atoms with van der Waals surface area (Å²) in [6, 6.07) is 20.9. The SMILES string of the molecule is CCC(C)c1ccc2oc(-c3cccc(NC(=O)c4ccc(Br)cc4)c3)nc2c1. The summed E-state index contributed by atoms with van der Waals surface area (Å²) in [5.41, 5.74) is 4.98. The van der Waals surface area contributed by atoms with E-state index in [4.69, 9.17) is 4.42 Å². The van der Waals surface area contributed by atoms with E-state index in [1.54, 1.807) is 12.1 Å². The van der Waals surface area contributed by atoms with Crippen molar-refractivity contribution in [3.05, 3.63) is 82.3 Å². The van der Waals surface area contributed by atoms with Crippen LogP contribution >= 0.6 is 15.9 Å². The van der Waals surface area contributed by atoms with Crippen LogP contribution in [-0.2, 0) is 0 Å². The molecule has 0 aliphatic carbocycles. The van der Waals surface area contributed by atoms with Gasteiger partial charge in [-0.2, -0.15) is 0 Å². The van der Waals surface area contributed by atoms with Gasteiger partial charge in [0.1, 0.15) is 5.52 Å². The largest absolute Gasteiger partial charge is 0.436 e. The summed E-state index contributed by atoms with van der Waals surface area (Å²) in [5.74, 6) is 0.864. The second kappa shape index (κ2) is 8.21. The van der Waals surface area contributed by atoms with Crippen LogP contribution in [0.1, 0.15) is 42.1 Å². The van der Waals surface area contributed by atoms with Crippen molar-refractivity contribution in [2.24, 2.45) is 0 Å². The molecule has 0 radical (unpaired) electrons. The summed E-state index contributed by atoms with van der Waals surface area (Å²) in [6.45, 7) is 4.39. The van der Waals surface area contributed by atoms with Crippen LogP contribution in [0.5, 0.6) is 0 Å². The van der Waals surface area contributed by atoms with Crippen LogP contribution in [0.15, 0.2) is 75.6 Å². The quantitative estimate of drug-likeness (QED) is 0.356. The topological polar surface area (TPSA) is 55.1 Å². The van der Waals surface area contributed by atoms with Crippen LogP contribution < -0.4 is 5.32 Å². The number of nitrogens with one attached hydrogen (secondary N) is 1. The molecule has 0 aliphatic heterocycles. The average molecular weight is 449 g/mol. The van der Waals surface area contributed by atoms with Crippen LogP contribution in [0.25, 0.3) is 22.6 Å². The smallest absolute Gasteiger partial charge is 0.255 e. The molecule has 1 N–H and O–H groups in total. The average Bonchev–Trinajstić information content (AvgIpc) is 3.17. The minimum atomic E-state index is -0.162. The molecule has 0 fully saturated rings. The van der Waals surface area contributed by atoms with Gasteiger partial charge in [-0.1, -0.05) is 41.9 Å². The normalized spacial score (nSPS) is 12.1. The van der Waals surface area contributed by atoms with Crippen molar-refractivity contribution < 1.29 is 9.21 Å². The molecule has 4 nitrogen and oxygen atoms in total. The Kier molecular flexibility index (Phi) is 5.49. The molecule has 146 valence electrons. The number of aromatic nitrogens is 1. The Labute approximate surface area is 178 Å². The number of carbonyl (C=O) groups is 1. The molecule has 29 heavy (non-hydrogen) atoms. The van der Waals surface area contributed by atoms with Gasteiger partial charge in [0.2, 0.25) is 5.89 Å². The Morgan fingerprint density at radius 1 is 1.10 bits per heavy atom. The Bertz CT molecular complexity index is 1170. The zero-order chi connectivity index (χ0) is 20.4. The molecular weight excluding hydrogens is 428 g/mol. The first-order chi connectivity index (χ1) is 14.0. The fourth-order valence-corrected chi connectivity index (χ4v) is 3.41. The van der Waals surface area contributed by atoms with Crippen molar-refractivity contribution in [2.75, 3.05) is 5.32 Å². The lowest BCUT2D eigenvalue weighted by Crippen LogP contribution is -2.11. The molecule has 0 saturated heterocycles. The van der Waals surface area contributed by atoms with Crippen molar-refractivity contribution in [3.63, 3.8) is 0 Å². The lowest BCUT2D eigenvalue weighted by Gasteiger charge is -2.07. The minimum absolute atomic E-state index is 0.162. The minimum Gasteiger partial charge on any atom is -0.436 e. The van der Waals surface area contributed by atoms with E-state index in [1.807, 2.05) is 42.5 Å². The molecule has 1 aromatic heterocycles. The highest BCUT2D eigenvalue weighted by Gasteiger charge is 2.12. The van der Waals surface area contributed by atoms with Crippen molar-refractivity contribution in [1.82, 2.24) is 4.98 Å². The number of amides is 1. The van der Waals surface area contributed by atoms with Crippen molar-refractivity contribution in [2.45, 2.75) is 26.2 Å². The summed E-state index contributed by atoms with van der Waals surface area (Å²) in [4.78, 5) is 17.1. The molecule has 4 aromatic rings. The monoisotopic (exact) mass is 448 g/mol. The lowest BCUT2D eigenvalue weighted by molar-refractivity contribution is 0.102. The molecule has 4 rings (SSSR count). The molecular formula is C24H21BrN2O2. The van der Waals surface area contributed by atoms with E-state index in [0.29, 0.717) is 23.1 Å². The molecule has 0 saturated carbocycles. The second-order valence-corrected chi connectivity index (χ2v) is 8.01. The third kappa shape index (κ3) is 4.25. The number of rotatable bonds is 5. The molecule has 5 heteroatoms. The van der Waals surface area contributed by atoms with Gasteiger partial charge in [0.25, 0.3) is 5.91 Å². The highest BCUT2D eigenvalue weighted by atomic mass is 79.9. The van der Waals surface area contributed by atoms with E-state index >= 15 is 0 Å². The summed E-state index contributed by atoms with van der Waals surface area (Å²) in [6.07, 6.45) is 1.08. The number of oxazole rings is 1. The highest BCUT2D eigenvalue weighted by Crippen LogP contribution is 2.29. The van der Waals surface area contributed by atoms with Gasteiger partial charge in [-0.15, -0.1) is 0 Å². The van der Waals surface area contributed by atoms with E-state index in [1.165, 1.54) is 5.56 Å². The van der Waals surface area contributed by atoms with E-state index in [0.717, 1.165) is 27.6 Å². The lowest BCUT2D eigenvalue weighted by atomic mass is 9.98. The second-order valence-electron chi connectivity index (χ2n) is 7.10. The number of fused-ring (bicyclic) bond motifs is 1. The zero-order valence-corrected chi connectivity index (χ0v) is 17.9. The number of nitrogens with zero attached hydrogens (tertiary/aromatic N) is 1. The molecule has 1 unspecified atom stereocenters. The molecule has 3 aromatic carbocycles. The van der Waals surface area contributed by atoms with Crippen molar-refractivity contribution in [3.8, 4) is 11.5 Å². The zero-order valence-electron chi connectivity index (χ0n) is 16.3. The van der Waals surface area contributed by atoms with Crippen molar-refractivity contribution >= 4 is 38.6 Å². The Morgan fingerprint density at radius 3 is 2.66 bits per heavy atom.